The van der Waals surface area contributed by atoms with Gasteiger partial charge in [-0.05, 0) is 39.8 Å². The number of hydrogen-bond acceptors (Lipinski definition) is 5. The summed E-state index contributed by atoms with van der Waals surface area (Å²) < 4.78 is 5.40. The van der Waals surface area contributed by atoms with Crippen molar-refractivity contribution in [2.45, 2.75) is 32.6 Å². The van der Waals surface area contributed by atoms with E-state index >= 15 is 0 Å². The van der Waals surface area contributed by atoms with Gasteiger partial charge in [-0.1, -0.05) is 6.58 Å². The zero-order chi connectivity index (χ0) is 13.0. The van der Waals surface area contributed by atoms with Crippen LogP contribution >= 0.6 is 11.3 Å². The maximum atomic E-state index is 5.40. The Kier molecular flexibility index (Phi) is 4.72. The molecule has 0 amide bonds. The van der Waals surface area contributed by atoms with E-state index in [-0.39, 0.29) is 0 Å². The second kappa shape index (κ2) is 6.29. The third kappa shape index (κ3) is 3.53. The highest BCUT2D eigenvalue weighted by Crippen LogP contribution is 2.29. The first-order valence-electron chi connectivity index (χ1n) is 6.52. The number of aryl methyl sites for hydroxylation is 1. The standard InChI is InChI=1S/C13H21N3OS/c1-4-17-10(2)9-16-7-5-12(6-8-16)13-15-14-11(3)18-13/h12H,2,4-9H2,1,3H3. The minimum atomic E-state index is 0.591. The smallest absolute Gasteiger partial charge is 0.120 e. The lowest BCUT2D eigenvalue weighted by Gasteiger charge is -2.31. The van der Waals surface area contributed by atoms with Crippen molar-refractivity contribution in [1.29, 1.82) is 0 Å². The number of rotatable bonds is 5. The van der Waals surface area contributed by atoms with Crippen molar-refractivity contribution in [3.05, 3.63) is 22.4 Å². The molecule has 100 valence electrons. The van der Waals surface area contributed by atoms with E-state index in [1.54, 1.807) is 11.3 Å². The average molecular weight is 267 g/mol. The lowest BCUT2D eigenvalue weighted by Crippen LogP contribution is -2.34. The fourth-order valence-electron chi connectivity index (χ4n) is 2.31. The lowest BCUT2D eigenvalue weighted by atomic mass is 9.98. The molecule has 1 aliphatic rings. The maximum absolute atomic E-state index is 5.40. The lowest BCUT2D eigenvalue weighted by molar-refractivity contribution is 0.160. The summed E-state index contributed by atoms with van der Waals surface area (Å²) in [4.78, 5) is 2.41. The number of hydrogen-bond donors (Lipinski definition) is 0. The second-order valence-corrected chi connectivity index (χ2v) is 5.89. The Morgan fingerprint density at radius 3 is 2.72 bits per heavy atom. The quantitative estimate of drug-likeness (QED) is 0.769. The van der Waals surface area contributed by atoms with Crippen LogP contribution in [0.3, 0.4) is 0 Å². The first kappa shape index (κ1) is 13.5. The van der Waals surface area contributed by atoms with E-state index in [2.05, 4.69) is 21.7 Å². The number of piperidine rings is 1. The summed E-state index contributed by atoms with van der Waals surface area (Å²) in [7, 11) is 0. The van der Waals surface area contributed by atoms with Gasteiger partial charge in [0.1, 0.15) is 15.8 Å². The van der Waals surface area contributed by atoms with Gasteiger partial charge in [-0.2, -0.15) is 0 Å². The van der Waals surface area contributed by atoms with E-state index in [4.69, 9.17) is 4.74 Å². The van der Waals surface area contributed by atoms with E-state index in [0.717, 1.165) is 43.2 Å². The first-order chi connectivity index (χ1) is 8.69. The van der Waals surface area contributed by atoms with Crippen LogP contribution in [0.4, 0.5) is 0 Å². The van der Waals surface area contributed by atoms with Crippen molar-refractivity contribution in [3.63, 3.8) is 0 Å². The third-order valence-corrected chi connectivity index (χ3v) is 4.23. The number of likely N-dealkylation sites (tertiary alicyclic amines) is 1. The van der Waals surface area contributed by atoms with Gasteiger partial charge < -0.3 is 4.74 Å². The topological polar surface area (TPSA) is 38.2 Å². The summed E-state index contributed by atoms with van der Waals surface area (Å²) in [5, 5.41) is 10.6. The van der Waals surface area contributed by atoms with Gasteiger partial charge >= 0.3 is 0 Å². The van der Waals surface area contributed by atoms with Crippen molar-refractivity contribution < 1.29 is 4.74 Å². The molecule has 0 aliphatic carbocycles. The van der Waals surface area contributed by atoms with Crippen LogP contribution in [0.1, 0.15) is 35.7 Å². The molecule has 1 fully saturated rings. The summed E-state index contributed by atoms with van der Waals surface area (Å²) in [5.41, 5.74) is 0. The van der Waals surface area contributed by atoms with Crippen LogP contribution in [-0.2, 0) is 4.74 Å². The fraction of sp³-hybridized carbons (Fsp3) is 0.692. The molecule has 4 nitrogen and oxygen atoms in total. The molecule has 0 atom stereocenters. The average Bonchev–Trinajstić information content (AvgIpc) is 2.77. The van der Waals surface area contributed by atoms with E-state index in [9.17, 15) is 0 Å². The second-order valence-electron chi connectivity index (χ2n) is 4.68. The van der Waals surface area contributed by atoms with Gasteiger partial charge in [-0.15, -0.1) is 21.5 Å². The predicted octanol–water partition coefficient (Wildman–Crippen LogP) is 2.58. The summed E-state index contributed by atoms with van der Waals surface area (Å²) in [5.74, 6) is 1.47. The molecule has 1 aliphatic heterocycles. The molecule has 5 heteroatoms. The predicted molar refractivity (Wildman–Crippen MR) is 73.8 cm³/mol. The Bertz CT molecular complexity index is 397. The molecule has 1 aromatic rings. The molecule has 0 spiro atoms. The van der Waals surface area contributed by atoms with Crippen LogP contribution < -0.4 is 0 Å². The Labute approximate surface area is 113 Å². The summed E-state index contributed by atoms with van der Waals surface area (Å²) in [6, 6.07) is 0. The Balaban J connectivity index is 1.79. The summed E-state index contributed by atoms with van der Waals surface area (Å²) in [6.45, 7) is 11.7. The van der Waals surface area contributed by atoms with Gasteiger partial charge in [0.15, 0.2) is 0 Å². The maximum Gasteiger partial charge on any atom is 0.120 e. The van der Waals surface area contributed by atoms with Gasteiger partial charge in [-0.3, -0.25) is 4.90 Å². The molecule has 0 bridgehead atoms. The molecule has 18 heavy (non-hydrogen) atoms. The molecule has 1 aromatic heterocycles. The fourth-order valence-corrected chi connectivity index (χ4v) is 3.18. The van der Waals surface area contributed by atoms with Gasteiger partial charge in [0, 0.05) is 5.92 Å². The monoisotopic (exact) mass is 267 g/mol. The van der Waals surface area contributed by atoms with Crippen LogP contribution in [0, 0.1) is 6.92 Å². The summed E-state index contributed by atoms with van der Waals surface area (Å²) in [6.07, 6.45) is 2.32. The normalized spacial score (nSPS) is 17.9. The highest BCUT2D eigenvalue weighted by atomic mass is 32.1. The summed E-state index contributed by atoms with van der Waals surface area (Å²) >= 11 is 1.73. The molecule has 0 N–H and O–H groups in total. The molecule has 0 saturated carbocycles. The highest BCUT2D eigenvalue weighted by molar-refractivity contribution is 7.11. The van der Waals surface area contributed by atoms with Crippen molar-refractivity contribution >= 4 is 11.3 Å². The number of ether oxygens (including phenoxy) is 1. The Hall–Kier alpha value is -0.940. The third-order valence-electron chi connectivity index (χ3n) is 3.23. The van der Waals surface area contributed by atoms with Crippen LogP contribution in [0.25, 0.3) is 0 Å². The number of aromatic nitrogens is 2. The minimum absolute atomic E-state index is 0.591. The van der Waals surface area contributed by atoms with E-state index in [0.29, 0.717) is 12.5 Å². The van der Waals surface area contributed by atoms with Gasteiger partial charge in [0.25, 0.3) is 0 Å². The van der Waals surface area contributed by atoms with Crippen LogP contribution in [0.5, 0.6) is 0 Å². The zero-order valence-corrected chi connectivity index (χ0v) is 12.0. The largest absolute Gasteiger partial charge is 0.497 e. The van der Waals surface area contributed by atoms with E-state index in [1.807, 2.05) is 13.8 Å². The molecule has 0 unspecified atom stereocenters. The molecule has 2 rings (SSSR count). The van der Waals surface area contributed by atoms with Crippen molar-refractivity contribution in [2.24, 2.45) is 0 Å². The number of nitrogens with zero attached hydrogens (tertiary/aromatic N) is 3. The first-order valence-corrected chi connectivity index (χ1v) is 7.33. The van der Waals surface area contributed by atoms with Gasteiger partial charge in [0.05, 0.1) is 13.2 Å². The molecule has 0 radical (unpaired) electrons. The zero-order valence-electron chi connectivity index (χ0n) is 11.2. The van der Waals surface area contributed by atoms with E-state index in [1.165, 1.54) is 5.01 Å². The molecule has 2 heterocycles. The molecule has 0 aromatic carbocycles. The van der Waals surface area contributed by atoms with Crippen molar-refractivity contribution in [1.82, 2.24) is 15.1 Å². The van der Waals surface area contributed by atoms with E-state index < -0.39 is 0 Å². The van der Waals surface area contributed by atoms with Crippen molar-refractivity contribution in [2.75, 3.05) is 26.2 Å². The van der Waals surface area contributed by atoms with Crippen LogP contribution in [0.2, 0.25) is 0 Å². The van der Waals surface area contributed by atoms with Gasteiger partial charge in [0.2, 0.25) is 0 Å². The van der Waals surface area contributed by atoms with Crippen LogP contribution in [0.15, 0.2) is 12.3 Å². The molecular formula is C13H21N3OS. The highest BCUT2D eigenvalue weighted by Gasteiger charge is 2.23. The molecular weight excluding hydrogens is 246 g/mol. The van der Waals surface area contributed by atoms with Crippen molar-refractivity contribution in [3.8, 4) is 0 Å². The SMILES string of the molecule is C=C(CN1CCC(c2nnc(C)s2)CC1)OCC. The molecule has 1 saturated heterocycles. The Morgan fingerprint density at radius 2 is 2.17 bits per heavy atom. The Morgan fingerprint density at radius 1 is 1.44 bits per heavy atom. The van der Waals surface area contributed by atoms with Crippen LogP contribution in [-0.4, -0.2) is 41.3 Å². The van der Waals surface area contributed by atoms with Gasteiger partial charge in [-0.25, -0.2) is 0 Å². The minimum Gasteiger partial charge on any atom is -0.497 e.